The topological polar surface area (TPSA) is 84.4 Å². The Morgan fingerprint density at radius 1 is 1.13 bits per heavy atom. The van der Waals surface area contributed by atoms with E-state index in [1.165, 1.54) is 26.2 Å². The van der Waals surface area contributed by atoms with Gasteiger partial charge in [0.05, 0.1) is 5.69 Å². The van der Waals surface area contributed by atoms with Gasteiger partial charge in [-0.25, -0.2) is 4.39 Å². The van der Waals surface area contributed by atoms with Crippen LogP contribution in [0.3, 0.4) is 0 Å². The number of rotatable bonds is 7. The van der Waals surface area contributed by atoms with Gasteiger partial charge in [-0.2, -0.15) is 17.4 Å². The van der Waals surface area contributed by atoms with Crippen molar-refractivity contribution in [1.29, 1.82) is 0 Å². The molecule has 2 rings (SSSR count). The summed E-state index contributed by atoms with van der Waals surface area (Å²) in [5, 5.41) is 7.88. The summed E-state index contributed by atoms with van der Waals surface area (Å²) in [5.41, 5.74) is 1.33. The van der Waals surface area contributed by atoms with Gasteiger partial charge in [0.15, 0.2) is 0 Å². The van der Waals surface area contributed by atoms with Crippen LogP contribution < -0.4 is 9.46 Å². The van der Waals surface area contributed by atoms with Crippen LogP contribution in [0.4, 0.5) is 4.39 Å². The summed E-state index contributed by atoms with van der Waals surface area (Å²) in [4.78, 5) is 0. The van der Waals surface area contributed by atoms with E-state index in [1.807, 2.05) is 0 Å². The van der Waals surface area contributed by atoms with E-state index in [9.17, 15) is 12.8 Å². The first-order chi connectivity index (χ1) is 10.9. The maximum absolute atomic E-state index is 12.9. The normalized spacial score (nSPS) is 11.7. The van der Waals surface area contributed by atoms with Crippen molar-refractivity contribution < 1.29 is 17.5 Å². The van der Waals surface area contributed by atoms with Crippen molar-refractivity contribution in [2.45, 2.75) is 0 Å². The van der Waals surface area contributed by atoms with Gasteiger partial charge in [0.25, 0.3) is 10.2 Å². The van der Waals surface area contributed by atoms with Crippen LogP contribution in [-0.4, -0.2) is 50.2 Å². The smallest absolute Gasteiger partial charge is 0.279 e. The predicted octanol–water partition coefficient (Wildman–Crippen LogP) is 1.06. The van der Waals surface area contributed by atoms with Gasteiger partial charge in [-0.3, -0.25) is 0 Å². The van der Waals surface area contributed by atoms with Gasteiger partial charge in [0.2, 0.25) is 5.88 Å². The average Bonchev–Trinajstić information content (AvgIpc) is 2.53. The molecule has 7 nitrogen and oxygen atoms in total. The molecule has 9 heteroatoms. The molecule has 0 aliphatic heterocycles. The van der Waals surface area contributed by atoms with Crippen molar-refractivity contribution in [3.8, 4) is 17.1 Å². The first kappa shape index (κ1) is 17.3. The van der Waals surface area contributed by atoms with Gasteiger partial charge in [0.1, 0.15) is 12.4 Å². The minimum atomic E-state index is -3.46. The Balaban J connectivity index is 1.87. The number of aromatic nitrogens is 2. The lowest BCUT2D eigenvalue weighted by molar-refractivity contribution is 0.306. The molecule has 124 valence electrons. The summed E-state index contributed by atoms with van der Waals surface area (Å²) in [6.07, 6.45) is 0. The maximum atomic E-state index is 12.9. The number of nitrogens with zero attached hydrogens (tertiary/aromatic N) is 3. The van der Waals surface area contributed by atoms with Gasteiger partial charge >= 0.3 is 0 Å². The lowest BCUT2D eigenvalue weighted by Crippen LogP contribution is -2.37. The fourth-order valence-corrected chi connectivity index (χ4v) is 2.23. The summed E-state index contributed by atoms with van der Waals surface area (Å²) in [6, 6.07) is 9.22. The maximum Gasteiger partial charge on any atom is 0.279 e. The van der Waals surface area contributed by atoms with E-state index in [1.54, 1.807) is 24.3 Å². The Hall–Kier alpha value is -2.10. The molecule has 0 amide bonds. The molecule has 0 unspecified atom stereocenters. The van der Waals surface area contributed by atoms with E-state index in [2.05, 4.69) is 14.9 Å². The molecule has 0 atom stereocenters. The van der Waals surface area contributed by atoms with E-state index in [4.69, 9.17) is 4.74 Å². The summed E-state index contributed by atoms with van der Waals surface area (Å²) in [6.45, 7) is 0.236. The monoisotopic (exact) mass is 340 g/mol. The van der Waals surface area contributed by atoms with Crippen LogP contribution in [0, 0.1) is 5.82 Å². The second-order valence-electron chi connectivity index (χ2n) is 4.79. The molecule has 0 spiro atoms. The number of ether oxygens (including phenoxy) is 1. The molecule has 0 aliphatic rings. The summed E-state index contributed by atoms with van der Waals surface area (Å²) in [5.74, 6) is -0.0400. The molecular weight excluding hydrogens is 323 g/mol. The Morgan fingerprint density at radius 2 is 1.83 bits per heavy atom. The second kappa shape index (κ2) is 7.44. The van der Waals surface area contributed by atoms with Crippen molar-refractivity contribution in [3.63, 3.8) is 0 Å². The van der Waals surface area contributed by atoms with E-state index >= 15 is 0 Å². The fourth-order valence-electron chi connectivity index (χ4n) is 1.63. The zero-order valence-electron chi connectivity index (χ0n) is 12.7. The molecule has 0 saturated heterocycles. The SMILES string of the molecule is CN(C)S(=O)(=O)NCCOc1ccc(-c2ccc(F)cc2)nn1. The first-order valence-corrected chi connectivity index (χ1v) is 8.22. The molecule has 0 aliphatic carbocycles. The van der Waals surface area contributed by atoms with Crippen LogP contribution >= 0.6 is 0 Å². The molecule has 23 heavy (non-hydrogen) atoms. The Bertz CT molecular complexity index is 734. The summed E-state index contributed by atoms with van der Waals surface area (Å²) < 4.78 is 44.6. The predicted molar refractivity (Wildman–Crippen MR) is 83.5 cm³/mol. The van der Waals surface area contributed by atoms with Crippen LogP contribution in [0.15, 0.2) is 36.4 Å². The minimum Gasteiger partial charge on any atom is -0.475 e. The highest BCUT2D eigenvalue weighted by Gasteiger charge is 2.11. The Labute approximate surface area is 134 Å². The quantitative estimate of drug-likeness (QED) is 0.762. The highest BCUT2D eigenvalue weighted by Crippen LogP contribution is 2.17. The first-order valence-electron chi connectivity index (χ1n) is 6.78. The highest BCUT2D eigenvalue weighted by molar-refractivity contribution is 7.87. The number of hydrogen-bond acceptors (Lipinski definition) is 5. The molecule has 0 bridgehead atoms. The van der Waals surface area contributed by atoms with Gasteiger partial charge in [0, 0.05) is 32.3 Å². The molecule has 1 aromatic carbocycles. The standard InChI is InChI=1S/C14H17FN4O3S/c1-19(2)23(20,21)16-9-10-22-14-8-7-13(17-18-14)11-3-5-12(15)6-4-11/h3-8,16H,9-10H2,1-2H3. The molecule has 1 N–H and O–H groups in total. The molecule has 1 heterocycles. The van der Waals surface area contributed by atoms with Crippen molar-refractivity contribution in [3.05, 3.63) is 42.2 Å². The summed E-state index contributed by atoms with van der Waals surface area (Å²) >= 11 is 0. The van der Waals surface area contributed by atoms with Gasteiger partial charge in [-0.15, -0.1) is 10.2 Å². The Morgan fingerprint density at radius 3 is 2.39 bits per heavy atom. The molecule has 1 aromatic heterocycles. The van der Waals surface area contributed by atoms with Crippen molar-refractivity contribution >= 4 is 10.2 Å². The van der Waals surface area contributed by atoms with Crippen LogP contribution in [0.5, 0.6) is 5.88 Å². The third-order valence-corrected chi connectivity index (χ3v) is 4.43. The van der Waals surface area contributed by atoms with Crippen molar-refractivity contribution in [2.75, 3.05) is 27.2 Å². The van der Waals surface area contributed by atoms with E-state index in [0.717, 1.165) is 9.87 Å². The molecule has 0 fully saturated rings. The second-order valence-corrected chi connectivity index (χ2v) is 6.76. The zero-order valence-corrected chi connectivity index (χ0v) is 13.5. The lowest BCUT2D eigenvalue weighted by Gasteiger charge is -2.12. The van der Waals surface area contributed by atoms with Gasteiger partial charge < -0.3 is 4.74 Å². The molecular formula is C14H17FN4O3S. The number of nitrogens with one attached hydrogen (secondary N) is 1. The zero-order chi connectivity index (χ0) is 16.9. The van der Waals surface area contributed by atoms with Crippen LogP contribution in [0.2, 0.25) is 0 Å². The van der Waals surface area contributed by atoms with E-state index in [0.29, 0.717) is 5.69 Å². The molecule has 2 aromatic rings. The number of benzene rings is 1. The number of halogens is 1. The van der Waals surface area contributed by atoms with Gasteiger partial charge in [-0.1, -0.05) is 0 Å². The third kappa shape index (κ3) is 4.95. The van der Waals surface area contributed by atoms with Crippen LogP contribution in [0.1, 0.15) is 0 Å². The minimum absolute atomic E-state index is 0.113. The number of hydrogen-bond donors (Lipinski definition) is 1. The lowest BCUT2D eigenvalue weighted by atomic mass is 10.1. The van der Waals surface area contributed by atoms with E-state index in [-0.39, 0.29) is 24.8 Å². The van der Waals surface area contributed by atoms with Crippen LogP contribution in [0.25, 0.3) is 11.3 Å². The molecule has 0 radical (unpaired) electrons. The van der Waals surface area contributed by atoms with Crippen LogP contribution in [-0.2, 0) is 10.2 Å². The van der Waals surface area contributed by atoms with Gasteiger partial charge in [-0.05, 0) is 30.3 Å². The average molecular weight is 340 g/mol. The van der Waals surface area contributed by atoms with Crippen molar-refractivity contribution in [2.24, 2.45) is 0 Å². The highest BCUT2D eigenvalue weighted by atomic mass is 32.2. The fraction of sp³-hybridized carbons (Fsp3) is 0.286. The van der Waals surface area contributed by atoms with Crippen molar-refractivity contribution in [1.82, 2.24) is 19.2 Å². The summed E-state index contributed by atoms with van der Waals surface area (Å²) in [7, 11) is -0.595. The largest absolute Gasteiger partial charge is 0.475 e. The third-order valence-electron chi connectivity index (χ3n) is 2.90. The molecule has 0 saturated carbocycles. The van der Waals surface area contributed by atoms with E-state index < -0.39 is 10.2 Å². The Kier molecular flexibility index (Phi) is 5.59.